The first-order chi connectivity index (χ1) is 17.5. The lowest BCUT2D eigenvalue weighted by Gasteiger charge is -2.29. The molecular formula is C28H34N2O6. The Labute approximate surface area is 211 Å². The standard InChI is InChI=1S/C28H34N2O6/c1-2-3-17-36-23-11-7-21(8-12-23)26(32)24-25(20-5-9-22(31)10-6-20)30(28(34)27(24)33)14-4-13-29-15-18-35-19-16-29/h5-12,25,31-32H,2-4,13-19H2,1H3/t25-/m1/s1. The number of morpholine rings is 1. The Morgan fingerprint density at radius 1 is 1.00 bits per heavy atom. The number of carbonyl (C=O) groups is 2. The Morgan fingerprint density at radius 3 is 2.36 bits per heavy atom. The van der Waals surface area contributed by atoms with Crippen LogP contribution < -0.4 is 4.74 Å². The lowest BCUT2D eigenvalue weighted by molar-refractivity contribution is -0.140. The number of Topliss-reactive ketones (excluding diaryl/α,β-unsaturated/α-hetero) is 1. The van der Waals surface area contributed by atoms with Gasteiger partial charge in [-0.2, -0.15) is 0 Å². The van der Waals surface area contributed by atoms with Gasteiger partial charge in [0.2, 0.25) is 0 Å². The first kappa shape index (κ1) is 25.7. The number of phenols is 1. The number of rotatable bonds is 10. The Hall–Kier alpha value is -3.36. The van der Waals surface area contributed by atoms with Gasteiger partial charge in [0.25, 0.3) is 11.7 Å². The van der Waals surface area contributed by atoms with Gasteiger partial charge in [-0.1, -0.05) is 25.5 Å². The molecule has 2 saturated heterocycles. The third-order valence-electron chi connectivity index (χ3n) is 6.62. The highest BCUT2D eigenvalue weighted by atomic mass is 16.5. The molecule has 2 aromatic carbocycles. The van der Waals surface area contributed by atoms with E-state index in [4.69, 9.17) is 9.47 Å². The molecule has 192 valence electrons. The number of benzene rings is 2. The highest BCUT2D eigenvalue weighted by molar-refractivity contribution is 6.46. The fourth-order valence-electron chi connectivity index (χ4n) is 4.60. The molecule has 2 heterocycles. The van der Waals surface area contributed by atoms with Crippen molar-refractivity contribution in [3.8, 4) is 11.5 Å². The van der Waals surface area contributed by atoms with Gasteiger partial charge in [0.05, 0.1) is 31.4 Å². The highest BCUT2D eigenvalue weighted by Crippen LogP contribution is 2.40. The van der Waals surface area contributed by atoms with Crippen molar-refractivity contribution in [1.29, 1.82) is 0 Å². The Kier molecular flexibility index (Phi) is 8.61. The van der Waals surface area contributed by atoms with E-state index in [0.29, 0.717) is 49.7 Å². The molecule has 1 atom stereocenters. The molecule has 2 N–H and O–H groups in total. The van der Waals surface area contributed by atoms with Crippen molar-refractivity contribution >= 4 is 17.4 Å². The van der Waals surface area contributed by atoms with Crippen molar-refractivity contribution in [3.05, 3.63) is 65.2 Å². The Bertz CT molecular complexity index is 1070. The number of aliphatic hydroxyl groups is 1. The quantitative estimate of drug-likeness (QED) is 0.225. The molecule has 0 aliphatic carbocycles. The molecule has 36 heavy (non-hydrogen) atoms. The molecule has 2 aromatic rings. The number of nitrogens with zero attached hydrogens (tertiary/aromatic N) is 2. The maximum Gasteiger partial charge on any atom is 0.295 e. The summed E-state index contributed by atoms with van der Waals surface area (Å²) < 4.78 is 11.1. The topological polar surface area (TPSA) is 99.5 Å². The number of amides is 1. The van der Waals surface area contributed by atoms with Crippen LogP contribution in [0.5, 0.6) is 11.5 Å². The maximum absolute atomic E-state index is 13.2. The van der Waals surface area contributed by atoms with E-state index in [1.54, 1.807) is 36.4 Å². The van der Waals surface area contributed by atoms with Gasteiger partial charge in [-0.3, -0.25) is 14.5 Å². The SMILES string of the molecule is CCCCOc1ccc(C(O)=C2C(=O)C(=O)N(CCCN3CCOCC3)[C@@H]2c2ccc(O)cc2)cc1. The zero-order chi connectivity index (χ0) is 25.5. The Morgan fingerprint density at radius 2 is 1.69 bits per heavy atom. The van der Waals surface area contributed by atoms with Crippen LogP contribution in [0.2, 0.25) is 0 Å². The van der Waals surface area contributed by atoms with Crippen molar-refractivity contribution in [2.24, 2.45) is 0 Å². The average Bonchev–Trinajstić information content (AvgIpc) is 3.15. The number of carbonyl (C=O) groups excluding carboxylic acids is 2. The predicted octanol–water partition coefficient (Wildman–Crippen LogP) is 3.72. The molecule has 2 aliphatic rings. The summed E-state index contributed by atoms with van der Waals surface area (Å²) >= 11 is 0. The zero-order valence-corrected chi connectivity index (χ0v) is 20.7. The molecule has 0 aromatic heterocycles. The van der Waals surface area contributed by atoms with E-state index in [1.807, 2.05) is 0 Å². The number of hydrogen-bond donors (Lipinski definition) is 2. The molecule has 8 heteroatoms. The first-order valence-electron chi connectivity index (χ1n) is 12.6. The van der Waals surface area contributed by atoms with Crippen LogP contribution in [0.4, 0.5) is 0 Å². The second kappa shape index (κ2) is 12.1. The van der Waals surface area contributed by atoms with Gasteiger partial charge in [-0.15, -0.1) is 0 Å². The highest BCUT2D eigenvalue weighted by Gasteiger charge is 2.45. The fourth-order valence-corrected chi connectivity index (χ4v) is 4.60. The van der Waals surface area contributed by atoms with Crippen molar-refractivity contribution in [2.75, 3.05) is 46.0 Å². The van der Waals surface area contributed by atoms with Gasteiger partial charge in [-0.25, -0.2) is 0 Å². The fraction of sp³-hybridized carbons (Fsp3) is 0.429. The minimum atomic E-state index is -0.740. The van der Waals surface area contributed by atoms with Crippen LogP contribution in [0, 0.1) is 0 Å². The van der Waals surface area contributed by atoms with Crippen molar-refractivity contribution in [3.63, 3.8) is 0 Å². The molecule has 2 aliphatic heterocycles. The van der Waals surface area contributed by atoms with Gasteiger partial charge in [-0.05, 0) is 54.8 Å². The second-order valence-electron chi connectivity index (χ2n) is 9.12. The smallest absolute Gasteiger partial charge is 0.295 e. The molecule has 0 saturated carbocycles. The monoisotopic (exact) mass is 494 g/mol. The molecular weight excluding hydrogens is 460 g/mol. The van der Waals surface area contributed by atoms with Gasteiger partial charge >= 0.3 is 0 Å². The molecule has 0 spiro atoms. The van der Waals surface area contributed by atoms with Crippen LogP contribution in [0.3, 0.4) is 0 Å². The van der Waals surface area contributed by atoms with Crippen LogP contribution in [-0.4, -0.2) is 77.7 Å². The third kappa shape index (κ3) is 5.88. The van der Waals surface area contributed by atoms with E-state index < -0.39 is 17.7 Å². The first-order valence-corrected chi connectivity index (χ1v) is 12.6. The van der Waals surface area contributed by atoms with Gasteiger partial charge in [0.1, 0.15) is 17.3 Å². The number of unbranched alkanes of at least 4 members (excludes halogenated alkanes) is 1. The summed E-state index contributed by atoms with van der Waals surface area (Å²) in [7, 11) is 0. The number of aliphatic hydroxyl groups excluding tert-OH is 1. The number of aromatic hydroxyl groups is 1. The van der Waals surface area contributed by atoms with Crippen molar-refractivity contribution in [2.45, 2.75) is 32.2 Å². The van der Waals surface area contributed by atoms with E-state index in [0.717, 1.165) is 32.5 Å². The summed E-state index contributed by atoms with van der Waals surface area (Å²) in [6.45, 7) is 6.94. The molecule has 0 unspecified atom stereocenters. The molecule has 2 fully saturated rings. The van der Waals surface area contributed by atoms with Gasteiger partial charge in [0, 0.05) is 31.7 Å². The summed E-state index contributed by atoms with van der Waals surface area (Å²) in [6, 6.07) is 12.5. The number of ether oxygens (including phenoxy) is 2. The average molecular weight is 495 g/mol. The summed E-state index contributed by atoms with van der Waals surface area (Å²) in [4.78, 5) is 30.1. The summed E-state index contributed by atoms with van der Waals surface area (Å²) in [5, 5.41) is 21.0. The maximum atomic E-state index is 13.2. The number of likely N-dealkylation sites (tertiary alicyclic amines) is 1. The van der Waals surface area contributed by atoms with Gasteiger partial charge < -0.3 is 24.6 Å². The Balaban J connectivity index is 1.60. The molecule has 4 rings (SSSR count). The van der Waals surface area contributed by atoms with E-state index in [-0.39, 0.29) is 17.1 Å². The second-order valence-corrected chi connectivity index (χ2v) is 9.12. The van der Waals surface area contributed by atoms with E-state index in [9.17, 15) is 19.8 Å². The number of hydrogen-bond acceptors (Lipinski definition) is 7. The summed E-state index contributed by atoms with van der Waals surface area (Å²) in [5.41, 5.74) is 1.14. The predicted molar refractivity (Wildman–Crippen MR) is 136 cm³/mol. The van der Waals surface area contributed by atoms with E-state index in [2.05, 4.69) is 11.8 Å². The summed E-state index contributed by atoms with van der Waals surface area (Å²) in [6.07, 6.45) is 2.66. The summed E-state index contributed by atoms with van der Waals surface area (Å²) in [5.74, 6) is -0.793. The third-order valence-corrected chi connectivity index (χ3v) is 6.62. The van der Waals surface area contributed by atoms with Crippen LogP contribution in [0.1, 0.15) is 43.4 Å². The molecule has 8 nitrogen and oxygen atoms in total. The molecule has 0 bridgehead atoms. The van der Waals surface area contributed by atoms with E-state index in [1.165, 1.54) is 17.0 Å². The van der Waals surface area contributed by atoms with Crippen LogP contribution in [0.15, 0.2) is 54.1 Å². The lowest BCUT2D eigenvalue weighted by atomic mass is 9.95. The van der Waals surface area contributed by atoms with Crippen molar-refractivity contribution in [1.82, 2.24) is 9.80 Å². The van der Waals surface area contributed by atoms with Crippen molar-refractivity contribution < 1.29 is 29.3 Å². The minimum absolute atomic E-state index is 0.0525. The van der Waals surface area contributed by atoms with Gasteiger partial charge in [0.15, 0.2) is 0 Å². The largest absolute Gasteiger partial charge is 0.508 e. The number of ketones is 1. The molecule has 0 radical (unpaired) electrons. The minimum Gasteiger partial charge on any atom is -0.508 e. The van der Waals surface area contributed by atoms with Crippen LogP contribution in [0.25, 0.3) is 5.76 Å². The lowest BCUT2D eigenvalue weighted by Crippen LogP contribution is -2.38. The zero-order valence-electron chi connectivity index (χ0n) is 20.7. The van der Waals surface area contributed by atoms with Crippen LogP contribution in [-0.2, 0) is 14.3 Å². The normalized spacial score (nSPS) is 20.1. The van der Waals surface area contributed by atoms with E-state index >= 15 is 0 Å². The molecule has 1 amide bonds. The van der Waals surface area contributed by atoms with Crippen LogP contribution >= 0.6 is 0 Å². The number of phenolic OH excluding ortho intramolecular Hbond substituents is 1.